The van der Waals surface area contributed by atoms with Crippen LogP contribution in [0, 0.1) is 0 Å². The Hall–Kier alpha value is -3.80. The molecule has 0 atom stereocenters. The van der Waals surface area contributed by atoms with Crippen LogP contribution in [0.25, 0.3) is 44.2 Å². The molecule has 1 heterocycles. The van der Waals surface area contributed by atoms with Crippen molar-refractivity contribution in [1.29, 1.82) is 0 Å². The maximum atomic E-state index is 6.12. The summed E-state index contributed by atoms with van der Waals surface area (Å²) in [6.07, 6.45) is 0. The van der Waals surface area contributed by atoms with Gasteiger partial charge < -0.3 is 26.5 Å². The zero-order valence-corrected chi connectivity index (χ0v) is 18.5. The van der Waals surface area contributed by atoms with Crippen molar-refractivity contribution in [3.8, 4) is 22.3 Å². The van der Waals surface area contributed by atoms with E-state index in [1.165, 1.54) is 11.1 Å². The summed E-state index contributed by atoms with van der Waals surface area (Å²) in [6.45, 7) is 2.76. The first kappa shape index (κ1) is 21.1. The van der Waals surface area contributed by atoms with Crippen molar-refractivity contribution in [3.05, 3.63) is 84.9 Å². The summed E-state index contributed by atoms with van der Waals surface area (Å²) in [4.78, 5) is 0. The van der Waals surface area contributed by atoms with Crippen LogP contribution in [-0.2, 0) is 0 Å². The van der Waals surface area contributed by atoms with E-state index in [0.717, 1.165) is 57.5 Å². The predicted molar refractivity (Wildman–Crippen MR) is 140 cm³/mol. The van der Waals surface area contributed by atoms with E-state index in [2.05, 4.69) is 95.6 Å². The van der Waals surface area contributed by atoms with Gasteiger partial charge in [0.2, 0.25) is 0 Å². The molecule has 4 aromatic carbocycles. The highest BCUT2D eigenvalue weighted by Gasteiger charge is 2.10. The van der Waals surface area contributed by atoms with Crippen LogP contribution in [-0.4, -0.2) is 26.2 Å². The summed E-state index contributed by atoms with van der Waals surface area (Å²) >= 11 is 0. The smallest absolute Gasteiger partial charge is 0.135 e. The average molecular weight is 437 g/mol. The lowest BCUT2D eigenvalue weighted by molar-refractivity contribution is 0.669. The fourth-order valence-corrected chi connectivity index (χ4v) is 4.13. The number of benzene rings is 4. The summed E-state index contributed by atoms with van der Waals surface area (Å²) in [5.41, 5.74) is 19.8. The van der Waals surface area contributed by atoms with E-state index in [1.54, 1.807) is 0 Å². The zero-order valence-electron chi connectivity index (χ0n) is 18.5. The molecule has 0 aliphatic carbocycles. The van der Waals surface area contributed by atoms with Crippen molar-refractivity contribution >= 4 is 33.3 Å². The monoisotopic (exact) mass is 436 g/mol. The standard InChI is InChI=1S/C28H28N4O/c29-13-15-31-23-7-1-19(2-8-23)21-5-11-27-25(17-21)26-18-22(6-12-28(26)33-27)20-3-9-24(10-4-20)32-16-14-30/h1-12,17-18,31-32H,13-16,29-30H2. The Balaban J connectivity index is 1.48. The summed E-state index contributed by atoms with van der Waals surface area (Å²) in [5.74, 6) is 0. The Kier molecular flexibility index (Phi) is 5.98. The number of rotatable bonds is 8. The molecule has 0 aliphatic heterocycles. The van der Waals surface area contributed by atoms with Crippen molar-refractivity contribution in [3.63, 3.8) is 0 Å². The maximum Gasteiger partial charge on any atom is 0.135 e. The molecule has 5 nitrogen and oxygen atoms in total. The van der Waals surface area contributed by atoms with Crippen molar-refractivity contribution in [1.82, 2.24) is 0 Å². The first-order chi connectivity index (χ1) is 16.2. The Morgan fingerprint density at radius 2 is 0.909 bits per heavy atom. The normalized spacial score (nSPS) is 11.2. The minimum atomic E-state index is 0.614. The highest BCUT2D eigenvalue weighted by atomic mass is 16.3. The molecule has 6 N–H and O–H groups in total. The fourth-order valence-electron chi connectivity index (χ4n) is 4.13. The highest BCUT2D eigenvalue weighted by Crippen LogP contribution is 2.35. The van der Waals surface area contributed by atoms with E-state index < -0.39 is 0 Å². The van der Waals surface area contributed by atoms with Gasteiger partial charge >= 0.3 is 0 Å². The second-order valence-electron chi connectivity index (χ2n) is 8.11. The third kappa shape index (κ3) is 4.42. The lowest BCUT2D eigenvalue weighted by Crippen LogP contribution is -2.12. The van der Waals surface area contributed by atoms with Gasteiger partial charge in [0.1, 0.15) is 11.2 Å². The minimum Gasteiger partial charge on any atom is -0.456 e. The fraction of sp³-hybridized carbons (Fsp3) is 0.143. The van der Waals surface area contributed by atoms with Gasteiger partial charge in [-0.3, -0.25) is 0 Å². The van der Waals surface area contributed by atoms with E-state index in [0.29, 0.717) is 13.1 Å². The van der Waals surface area contributed by atoms with E-state index >= 15 is 0 Å². The van der Waals surface area contributed by atoms with Gasteiger partial charge in [0, 0.05) is 48.3 Å². The summed E-state index contributed by atoms with van der Waals surface area (Å²) < 4.78 is 6.12. The quantitative estimate of drug-likeness (QED) is 0.252. The molecule has 5 rings (SSSR count). The second-order valence-corrected chi connectivity index (χ2v) is 8.11. The van der Waals surface area contributed by atoms with Gasteiger partial charge in [-0.1, -0.05) is 36.4 Å². The Labute approximate surface area is 193 Å². The lowest BCUT2D eigenvalue weighted by Gasteiger charge is -2.07. The number of fused-ring (bicyclic) bond motifs is 3. The van der Waals surface area contributed by atoms with Crippen molar-refractivity contribution < 1.29 is 4.42 Å². The minimum absolute atomic E-state index is 0.614. The van der Waals surface area contributed by atoms with Gasteiger partial charge in [-0.15, -0.1) is 0 Å². The second kappa shape index (κ2) is 9.36. The molecule has 5 aromatic rings. The third-order valence-electron chi connectivity index (χ3n) is 5.85. The van der Waals surface area contributed by atoms with E-state index in [9.17, 15) is 0 Å². The van der Waals surface area contributed by atoms with Crippen molar-refractivity contribution in [2.75, 3.05) is 36.8 Å². The summed E-state index contributed by atoms with van der Waals surface area (Å²) in [6, 6.07) is 29.7. The molecule has 0 fully saturated rings. The maximum absolute atomic E-state index is 6.12. The van der Waals surface area contributed by atoms with Crippen molar-refractivity contribution in [2.24, 2.45) is 11.5 Å². The van der Waals surface area contributed by atoms with Crippen molar-refractivity contribution in [2.45, 2.75) is 0 Å². The average Bonchev–Trinajstić information content (AvgIpc) is 3.24. The van der Waals surface area contributed by atoms with Gasteiger partial charge in [0.05, 0.1) is 0 Å². The topological polar surface area (TPSA) is 89.2 Å². The van der Waals surface area contributed by atoms with E-state index in [1.807, 2.05) is 0 Å². The van der Waals surface area contributed by atoms with Crippen LogP contribution in [0.2, 0.25) is 0 Å². The molecule has 166 valence electrons. The number of nitrogens with one attached hydrogen (secondary N) is 2. The molecule has 0 aliphatic rings. The van der Waals surface area contributed by atoms with Crippen LogP contribution in [0.5, 0.6) is 0 Å². The zero-order chi connectivity index (χ0) is 22.6. The molecule has 0 amide bonds. The SMILES string of the molecule is NCCNc1ccc(-c2ccc3oc4ccc(-c5ccc(NCCN)cc5)cc4c3c2)cc1. The van der Waals surface area contributed by atoms with Gasteiger partial charge in [0.25, 0.3) is 0 Å². The summed E-state index contributed by atoms with van der Waals surface area (Å²) in [5, 5.41) is 8.86. The van der Waals surface area contributed by atoms with Crippen LogP contribution >= 0.6 is 0 Å². The molecule has 1 aromatic heterocycles. The highest BCUT2D eigenvalue weighted by molar-refractivity contribution is 6.07. The van der Waals surface area contributed by atoms with Crippen LogP contribution in [0.4, 0.5) is 11.4 Å². The third-order valence-corrected chi connectivity index (χ3v) is 5.85. The number of hydrogen-bond donors (Lipinski definition) is 4. The van der Waals surface area contributed by atoms with Gasteiger partial charge in [-0.2, -0.15) is 0 Å². The number of furan rings is 1. The van der Waals surface area contributed by atoms with Crippen LogP contribution in [0.15, 0.2) is 89.3 Å². The summed E-state index contributed by atoms with van der Waals surface area (Å²) in [7, 11) is 0. The lowest BCUT2D eigenvalue weighted by atomic mass is 10.00. The largest absolute Gasteiger partial charge is 0.456 e. The van der Waals surface area contributed by atoms with Crippen LogP contribution < -0.4 is 22.1 Å². The van der Waals surface area contributed by atoms with E-state index in [-0.39, 0.29) is 0 Å². The molecule has 33 heavy (non-hydrogen) atoms. The number of nitrogens with two attached hydrogens (primary N) is 2. The molecule has 0 unspecified atom stereocenters. The molecule has 5 heteroatoms. The molecule has 0 saturated carbocycles. The van der Waals surface area contributed by atoms with Gasteiger partial charge in [0.15, 0.2) is 0 Å². The molecular weight excluding hydrogens is 408 g/mol. The first-order valence-electron chi connectivity index (χ1n) is 11.3. The molecule has 0 bridgehead atoms. The molecule has 0 radical (unpaired) electrons. The van der Waals surface area contributed by atoms with Gasteiger partial charge in [-0.25, -0.2) is 0 Å². The molecule has 0 spiro atoms. The van der Waals surface area contributed by atoms with Crippen LogP contribution in [0.1, 0.15) is 0 Å². The Bertz CT molecular complexity index is 1270. The Morgan fingerprint density at radius 1 is 0.515 bits per heavy atom. The molecule has 0 saturated heterocycles. The van der Waals surface area contributed by atoms with Crippen LogP contribution in [0.3, 0.4) is 0 Å². The predicted octanol–water partition coefficient (Wildman–Crippen LogP) is 5.66. The van der Waals surface area contributed by atoms with E-state index in [4.69, 9.17) is 15.9 Å². The van der Waals surface area contributed by atoms with Gasteiger partial charge in [-0.05, 0) is 70.8 Å². The molecular formula is C28H28N4O. The Morgan fingerprint density at radius 3 is 1.30 bits per heavy atom. The first-order valence-corrected chi connectivity index (χ1v) is 11.3. The number of anilines is 2. The number of hydrogen-bond acceptors (Lipinski definition) is 5.